The van der Waals surface area contributed by atoms with Crippen LogP contribution in [0.2, 0.25) is 0 Å². The van der Waals surface area contributed by atoms with Crippen LogP contribution >= 0.6 is 11.8 Å². The number of rotatable bonds is 6. The minimum atomic E-state index is -2.50. The van der Waals surface area contributed by atoms with Gasteiger partial charge in [-0.1, -0.05) is 11.8 Å². The van der Waals surface area contributed by atoms with Gasteiger partial charge in [-0.3, -0.25) is 9.59 Å². The summed E-state index contributed by atoms with van der Waals surface area (Å²) in [6.45, 7) is 1.34. The minimum absolute atomic E-state index is 0.180. The van der Waals surface area contributed by atoms with E-state index in [1.807, 2.05) is 4.90 Å². The van der Waals surface area contributed by atoms with E-state index in [9.17, 15) is 18.4 Å². The van der Waals surface area contributed by atoms with Crippen LogP contribution in [0.5, 0.6) is 0 Å². The van der Waals surface area contributed by atoms with E-state index in [0.29, 0.717) is 34.5 Å². The van der Waals surface area contributed by atoms with Gasteiger partial charge in [0.2, 0.25) is 5.91 Å². The number of benzene rings is 1. The van der Waals surface area contributed by atoms with Gasteiger partial charge in [-0.05, 0) is 49.2 Å². The Kier molecular flexibility index (Phi) is 6.45. The maximum absolute atomic E-state index is 12.3. The molecule has 1 unspecified atom stereocenters. The highest BCUT2D eigenvalue weighted by Gasteiger charge is 2.24. The number of halogens is 2. The number of hydrogen-bond donors (Lipinski definition) is 2. The summed E-state index contributed by atoms with van der Waals surface area (Å²) in [5, 5.41) is 2.73. The van der Waals surface area contributed by atoms with Crippen molar-refractivity contribution >= 4 is 35.1 Å². The maximum atomic E-state index is 12.3. The third-order valence-corrected chi connectivity index (χ3v) is 5.22. The summed E-state index contributed by atoms with van der Waals surface area (Å²) in [5.41, 5.74) is 6.28. The molecule has 2 amide bonds. The molecule has 1 aromatic heterocycles. The topological polar surface area (TPSA) is 88.3 Å². The molecule has 1 aliphatic rings. The Morgan fingerprint density at radius 2 is 1.96 bits per heavy atom. The van der Waals surface area contributed by atoms with Gasteiger partial charge in [-0.2, -0.15) is 8.78 Å². The molecule has 3 rings (SSSR count). The number of primary amides is 1. The largest absolute Gasteiger partial charge is 0.369 e. The van der Waals surface area contributed by atoms with Crippen LogP contribution in [0, 0.1) is 5.92 Å². The average Bonchev–Trinajstić information content (AvgIpc) is 2.68. The van der Waals surface area contributed by atoms with Crippen LogP contribution in [0.3, 0.4) is 0 Å². The van der Waals surface area contributed by atoms with Crippen molar-refractivity contribution < 1.29 is 18.4 Å². The van der Waals surface area contributed by atoms with E-state index < -0.39 is 5.76 Å². The first-order valence-corrected chi connectivity index (χ1v) is 9.67. The lowest BCUT2D eigenvalue weighted by Crippen LogP contribution is -2.41. The summed E-state index contributed by atoms with van der Waals surface area (Å²) in [7, 11) is 0. The zero-order valence-electron chi connectivity index (χ0n) is 15.0. The highest BCUT2D eigenvalue weighted by atomic mass is 32.2. The third-order valence-electron chi connectivity index (χ3n) is 4.50. The number of pyridine rings is 1. The number of piperidine rings is 1. The Hall–Kier alpha value is -2.68. The van der Waals surface area contributed by atoms with Gasteiger partial charge in [-0.15, -0.1) is 0 Å². The van der Waals surface area contributed by atoms with Gasteiger partial charge >= 0.3 is 0 Å². The van der Waals surface area contributed by atoms with Crippen molar-refractivity contribution in [3.63, 3.8) is 0 Å². The number of amides is 2. The molecule has 9 heteroatoms. The molecule has 2 heterocycles. The number of hydrogen-bond acceptors (Lipinski definition) is 5. The van der Waals surface area contributed by atoms with E-state index in [-0.39, 0.29) is 17.7 Å². The quantitative estimate of drug-likeness (QED) is 0.719. The van der Waals surface area contributed by atoms with Crippen molar-refractivity contribution in [2.24, 2.45) is 11.7 Å². The SMILES string of the molecule is NC(=O)C1CCCN(c2ccc(NC(=O)c3ccc(SC(F)F)cc3)cn2)C1. The lowest BCUT2D eigenvalue weighted by molar-refractivity contribution is -0.122. The number of carbonyl (C=O) groups is 2. The van der Waals surface area contributed by atoms with Crippen molar-refractivity contribution in [1.82, 2.24) is 4.98 Å². The highest BCUT2D eigenvalue weighted by Crippen LogP contribution is 2.26. The zero-order chi connectivity index (χ0) is 20.1. The van der Waals surface area contributed by atoms with Gasteiger partial charge < -0.3 is 16.0 Å². The number of carbonyl (C=O) groups excluding carboxylic acids is 2. The molecule has 148 valence electrons. The minimum Gasteiger partial charge on any atom is -0.369 e. The Balaban J connectivity index is 1.60. The summed E-state index contributed by atoms with van der Waals surface area (Å²) in [6.07, 6.45) is 3.20. The predicted octanol–water partition coefficient (Wildman–Crippen LogP) is 3.35. The Morgan fingerprint density at radius 1 is 1.21 bits per heavy atom. The van der Waals surface area contributed by atoms with E-state index in [1.54, 1.807) is 18.3 Å². The van der Waals surface area contributed by atoms with Crippen molar-refractivity contribution in [2.45, 2.75) is 23.5 Å². The van der Waals surface area contributed by atoms with Crippen LogP contribution in [0.25, 0.3) is 0 Å². The Labute approximate surface area is 165 Å². The third kappa shape index (κ3) is 5.19. The second kappa shape index (κ2) is 9.01. The monoisotopic (exact) mass is 406 g/mol. The number of anilines is 2. The van der Waals surface area contributed by atoms with Gasteiger partial charge in [0.15, 0.2) is 0 Å². The fraction of sp³-hybridized carbons (Fsp3) is 0.316. The van der Waals surface area contributed by atoms with Crippen LogP contribution in [0.15, 0.2) is 47.5 Å². The van der Waals surface area contributed by atoms with Crippen LogP contribution in [-0.4, -0.2) is 35.6 Å². The molecular formula is C19H20F2N4O2S. The predicted molar refractivity (Wildman–Crippen MR) is 105 cm³/mol. The van der Waals surface area contributed by atoms with E-state index in [1.165, 1.54) is 24.3 Å². The number of aromatic nitrogens is 1. The first kappa shape index (κ1) is 20.1. The van der Waals surface area contributed by atoms with Gasteiger partial charge in [0, 0.05) is 23.5 Å². The molecule has 28 heavy (non-hydrogen) atoms. The maximum Gasteiger partial charge on any atom is 0.288 e. The molecule has 3 N–H and O–H groups in total. The summed E-state index contributed by atoms with van der Waals surface area (Å²) in [5.74, 6) is -2.61. The van der Waals surface area contributed by atoms with E-state index in [0.717, 1.165) is 25.2 Å². The van der Waals surface area contributed by atoms with E-state index in [2.05, 4.69) is 10.3 Å². The van der Waals surface area contributed by atoms with Gasteiger partial charge in [-0.25, -0.2) is 4.98 Å². The smallest absolute Gasteiger partial charge is 0.288 e. The van der Waals surface area contributed by atoms with Crippen LogP contribution in [0.4, 0.5) is 20.3 Å². The van der Waals surface area contributed by atoms with Gasteiger partial charge in [0.25, 0.3) is 11.7 Å². The molecule has 0 saturated carbocycles. The molecule has 2 aromatic rings. The summed E-state index contributed by atoms with van der Waals surface area (Å²) >= 11 is 0.431. The van der Waals surface area contributed by atoms with Crippen molar-refractivity contribution in [3.05, 3.63) is 48.2 Å². The van der Waals surface area contributed by atoms with Crippen LogP contribution < -0.4 is 16.0 Å². The standard InChI is InChI=1S/C19H20F2N4O2S/c20-19(21)28-15-6-3-12(4-7-15)18(27)24-14-5-8-16(23-10-14)25-9-1-2-13(11-25)17(22)26/h3-8,10,13,19H,1-2,9,11H2,(H2,22,26)(H,24,27). The molecule has 1 fully saturated rings. The average molecular weight is 406 g/mol. The van der Waals surface area contributed by atoms with Crippen molar-refractivity contribution in [1.29, 1.82) is 0 Å². The normalized spacial score (nSPS) is 16.8. The highest BCUT2D eigenvalue weighted by molar-refractivity contribution is 7.99. The summed E-state index contributed by atoms with van der Waals surface area (Å²) in [4.78, 5) is 30.5. The lowest BCUT2D eigenvalue weighted by Gasteiger charge is -2.32. The van der Waals surface area contributed by atoms with E-state index >= 15 is 0 Å². The molecule has 0 bridgehead atoms. The number of nitrogens with zero attached hydrogens (tertiary/aromatic N) is 2. The molecular weight excluding hydrogens is 386 g/mol. The lowest BCUT2D eigenvalue weighted by atomic mass is 9.97. The van der Waals surface area contributed by atoms with Gasteiger partial charge in [0.1, 0.15) is 5.82 Å². The number of thioether (sulfide) groups is 1. The summed E-state index contributed by atoms with van der Waals surface area (Å²) in [6, 6.07) is 9.48. The molecule has 1 aromatic carbocycles. The van der Waals surface area contributed by atoms with Crippen LogP contribution in [-0.2, 0) is 4.79 Å². The fourth-order valence-corrected chi connectivity index (χ4v) is 3.55. The van der Waals surface area contributed by atoms with Crippen molar-refractivity contribution in [2.75, 3.05) is 23.3 Å². The first-order chi connectivity index (χ1) is 13.4. The molecule has 0 spiro atoms. The zero-order valence-corrected chi connectivity index (χ0v) is 15.8. The molecule has 6 nitrogen and oxygen atoms in total. The fourth-order valence-electron chi connectivity index (χ4n) is 3.06. The number of nitrogens with two attached hydrogens (primary N) is 1. The molecule has 1 atom stereocenters. The van der Waals surface area contributed by atoms with E-state index in [4.69, 9.17) is 5.73 Å². The molecule has 1 aliphatic heterocycles. The van der Waals surface area contributed by atoms with Gasteiger partial charge in [0.05, 0.1) is 17.8 Å². The number of alkyl halides is 2. The molecule has 0 aliphatic carbocycles. The Bertz CT molecular complexity index is 831. The second-order valence-electron chi connectivity index (χ2n) is 6.45. The Morgan fingerprint density at radius 3 is 2.57 bits per heavy atom. The second-order valence-corrected chi connectivity index (χ2v) is 7.51. The van der Waals surface area contributed by atoms with Crippen molar-refractivity contribution in [3.8, 4) is 0 Å². The number of nitrogens with one attached hydrogen (secondary N) is 1. The molecule has 0 radical (unpaired) electrons. The van der Waals surface area contributed by atoms with Crippen LogP contribution in [0.1, 0.15) is 23.2 Å². The summed E-state index contributed by atoms with van der Waals surface area (Å²) < 4.78 is 24.7. The molecule has 1 saturated heterocycles. The first-order valence-electron chi connectivity index (χ1n) is 8.79.